The summed E-state index contributed by atoms with van der Waals surface area (Å²) in [6, 6.07) is 11.6. The van der Waals surface area contributed by atoms with Gasteiger partial charge >= 0.3 is 0 Å². The van der Waals surface area contributed by atoms with Crippen LogP contribution in [0.15, 0.2) is 36.4 Å². The summed E-state index contributed by atoms with van der Waals surface area (Å²) in [6.45, 7) is 4.59. The van der Waals surface area contributed by atoms with Gasteiger partial charge < -0.3 is 4.57 Å². The lowest BCUT2D eigenvalue weighted by molar-refractivity contribution is 0.112. The average Bonchev–Trinajstić information content (AvgIpc) is 2.73. The Bertz CT molecular complexity index is 880. The molecule has 1 heterocycles. The van der Waals surface area contributed by atoms with Crippen molar-refractivity contribution in [2.75, 3.05) is 0 Å². The molecule has 0 unspecified atom stereocenters. The molecule has 2 aromatic carbocycles. The fourth-order valence-corrected chi connectivity index (χ4v) is 3.26. The molecular formula is C18H15Cl2NO. The van der Waals surface area contributed by atoms with Gasteiger partial charge in [0, 0.05) is 38.8 Å². The molecule has 0 aliphatic heterocycles. The van der Waals surface area contributed by atoms with Crippen LogP contribution in [0.2, 0.25) is 10.0 Å². The number of benzene rings is 2. The molecule has 0 aliphatic carbocycles. The van der Waals surface area contributed by atoms with Crippen molar-refractivity contribution in [1.29, 1.82) is 0 Å². The van der Waals surface area contributed by atoms with Crippen LogP contribution in [0.5, 0.6) is 0 Å². The minimum absolute atomic E-state index is 0.606. The van der Waals surface area contributed by atoms with E-state index in [-0.39, 0.29) is 0 Å². The maximum atomic E-state index is 11.5. The lowest BCUT2D eigenvalue weighted by Crippen LogP contribution is -2.03. The summed E-state index contributed by atoms with van der Waals surface area (Å²) < 4.78 is 2.12. The number of hydrogen-bond donors (Lipinski definition) is 0. The zero-order valence-electron chi connectivity index (χ0n) is 12.4. The summed E-state index contributed by atoms with van der Waals surface area (Å²) in [7, 11) is 0. The van der Waals surface area contributed by atoms with Crippen LogP contribution in [0.1, 0.15) is 27.2 Å². The lowest BCUT2D eigenvalue weighted by atomic mass is 10.1. The van der Waals surface area contributed by atoms with Gasteiger partial charge in [0.15, 0.2) is 6.29 Å². The van der Waals surface area contributed by atoms with Crippen molar-refractivity contribution < 1.29 is 4.79 Å². The maximum Gasteiger partial charge on any atom is 0.152 e. The third-order valence-corrected chi connectivity index (χ3v) is 4.58. The highest BCUT2D eigenvalue weighted by atomic mass is 35.5. The average molecular weight is 332 g/mol. The summed E-state index contributed by atoms with van der Waals surface area (Å²) in [5, 5.41) is 2.23. The fraction of sp³-hybridized carbons (Fsp3) is 0.167. The van der Waals surface area contributed by atoms with Crippen LogP contribution in [-0.4, -0.2) is 10.9 Å². The van der Waals surface area contributed by atoms with Crippen LogP contribution in [0.4, 0.5) is 0 Å². The van der Waals surface area contributed by atoms with E-state index in [4.69, 9.17) is 23.2 Å². The number of aldehydes is 1. The summed E-state index contributed by atoms with van der Waals surface area (Å²) in [4.78, 5) is 11.5. The van der Waals surface area contributed by atoms with Crippen molar-refractivity contribution >= 4 is 40.4 Å². The van der Waals surface area contributed by atoms with Gasteiger partial charge in [0.25, 0.3) is 0 Å². The molecule has 0 N–H and O–H groups in total. The first-order valence-electron chi connectivity index (χ1n) is 7.00. The van der Waals surface area contributed by atoms with Gasteiger partial charge in [-0.2, -0.15) is 0 Å². The molecule has 0 spiro atoms. The molecule has 2 nitrogen and oxygen atoms in total. The summed E-state index contributed by atoms with van der Waals surface area (Å²) in [5.41, 5.74) is 4.84. The van der Waals surface area contributed by atoms with Gasteiger partial charge in [0.05, 0.1) is 0 Å². The first-order chi connectivity index (χ1) is 10.5. The summed E-state index contributed by atoms with van der Waals surface area (Å²) in [5.74, 6) is 0. The second-order valence-corrected chi connectivity index (χ2v) is 6.30. The molecule has 22 heavy (non-hydrogen) atoms. The van der Waals surface area contributed by atoms with Crippen LogP contribution in [0.25, 0.3) is 10.9 Å². The van der Waals surface area contributed by atoms with Crippen LogP contribution in [0.3, 0.4) is 0 Å². The number of aryl methyl sites for hydroxylation is 1. The fourth-order valence-electron chi connectivity index (χ4n) is 2.79. The molecule has 0 aliphatic rings. The highest BCUT2D eigenvalue weighted by Gasteiger charge is 2.14. The number of aromatic nitrogens is 1. The van der Waals surface area contributed by atoms with Gasteiger partial charge in [-0.25, -0.2) is 0 Å². The van der Waals surface area contributed by atoms with Gasteiger partial charge in [0.2, 0.25) is 0 Å². The largest absolute Gasteiger partial charge is 0.340 e. The zero-order valence-corrected chi connectivity index (χ0v) is 13.9. The van der Waals surface area contributed by atoms with Crippen LogP contribution >= 0.6 is 23.2 Å². The van der Waals surface area contributed by atoms with E-state index >= 15 is 0 Å². The van der Waals surface area contributed by atoms with E-state index in [2.05, 4.69) is 16.7 Å². The second kappa shape index (κ2) is 5.79. The molecule has 0 amide bonds. The first-order valence-corrected chi connectivity index (χ1v) is 7.75. The smallest absolute Gasteiger partial charge is 0.152 e. The zero-order chi connectivity index (χ0) is 15.9. The minimum atomic E-state index is 0.606. The van der Waals surface area contributed by atoms with E-state index in [0.717, 1.165) is 39.6 Å². The van der Waals surface area contributed by atoms with Crippen molar-refractivity contribution in [3.8, 4) is 0 Å². The van der Waals surface area contributed by atoms with Gasteiger partial charge in [-0.3, -0.25) is 4.79 Å². The molecule has 0 bridgehead atoms. The van der Waals surface area contributed by atoms with Crippen molar-refractivity contribution in [3.63, 3.8) is 0 Å². The Kier molecular flexibility index (Phi) is 3.98. The maximum absolute atomic E-state index is 11.5. The molecule has 0 fully saturated rings. The number of nitrogens with zero attached hydrogens (tertiary/aromatic N) is 1. The second-order valence-electron chi connectivity index (χ2n) is 5.46. The highest BCUT2D eigenvalue weighted by molar-refractivity contribution is 6.35. The molecular weight excluding hydrogens is 317 g/mol. The number of rotatable bonds is 3. The van der Waals surface area contributed by atoms with Gasteiger partial charge in [-0.1, -0.05) is 40.9 Å². The monoisotopic (exact) mass is 331 g/mol. The first kappa shape index (κ1) is 15.1. The Morgan fingerprint density at radius 1 is 1.09 bits per heavy atom. The molecule has 112 valence electrons. The Morgan fingerprint density at radius 3 is 2.55 bits per heavy atom. The van der Waals surface area contributed by atoms with Crippen LogP contribution in [-0.2, 0) is 6.54 Å². The van der Waals surface area contributed by atoms with Gasteiger partial charge in [0.1, 0.15) is 0 Å². The Morgan fingerprint density at radius 2 is 1.86 bits per heavy atom. The van der Waals surface area contributed by atoms with E-state index in [1.54, 1.807) is 6.07 Å². The standard InChI is InChI=1S/C18H15Cl2NO/c1-11-3-6-18-15(7-11)16(10-22)12(2)21(18)9-13-4-5-14(19)8-17(13)20/h3-8,10H,9H2,1-2H3. The van der Waals surface area contributed by atoms with E-state index in [1.165, 1.54) is 0 Å². The molecule has 4 heteroatoms. The van der Waals surface area contributed by atoms with Crippen molar-refractivity contribution in [2.45, 2.75) is 20.4 Å². The van der Waals surface area contributed by atoms with E-state index < -0.39 is 0 Å². The number of fused-ring (bicyclic) bond motifs is 1. The van der Waals surface area contributed by atoms with Crippen molar-refractivity contribution in [2.24, 2.45) is 0 Å². The van der Waals surface area contributed by atoms with E-state index in [0.29, 0.717) is 16.6 Å². The highest BCUT2D eigenvalue weighted by Crippen LogP contribution is 2.29. The Hall–Kier alpha value is -1.77. The van der Waals surface area contributed by atoms with Crippen LogP contribution < -0.4 is 0 Å². The quantitative estimate of drug-likeness (QED) is 0.587. The van der Waals surface area contributed by atoms with Crippen molar-refractivity contribution in [3.05, 3.63) is 68.8 Å². The predicted octanol–water partition coefficient (Wildman–Crippen LogP) is 5.43. The molecule has 0 atom stereocenters. The molecule has 0 saturated heterocycles. The number of hydrogen-bond acceptors (Lipinski definition) is 1. The lowest BCUT2D eigenvalue weighted by Gasteiger charge is -2.10. The third-order valence-electron chi connectivity index (χ3n) is 3.99. The normalized spacial score (nSPS) is 11.1. The molecule has 0 saturated carbocycles. The number of halogens is 2. The SMILES string of the molecule is Cc1ccc2c(c1)c(C=O)c(C)n2Cc1ccc(Cl)cc1Cl. The summed E-state index contributed by atoms with van der Waals surface area (Å²) >= 11 is 12.2. The van der Waals surface area contributed by atoms with Crippen LogP contribution in [0, 0.1) is 13.8 Å². The van der Waals surface area contributed by atoms with Gasteiger partial charge in [-0.05, 0) is 43.7 Å². The minimum Gasteiger partial charge on any atom is -0.340 e. The number of carbonyl (C=O) groups is 1. The topological polar surface area (TPSA) is 22.0 Å². The number of carbonyl (C=O) groups excluding carboxylic acids is 1. The Balaban J connectivity index is 2.18. The van der Waals surface area contributed by atoms with E-state index in [1.807, 2.05) is 32.0 Å². The molecule has 3 rings (SSSR count). The Labute approximate surface area is 139 Å². The predicted molar refractivity (Wildman–Crippen MR) is 92.4 cm³/mol. The molecule has 3 aromatic rings. The van der Waals surface area contributed by atoms with E-state index in [9.17, 15) is 4.79 Å². The summed E-state index contributed by atoms with van der Waals surface area (Å²) in [6.07, 6.45) is 0.928. The third kappa shape index (κ3) is 2.53. The van der Waals surface area contributed by atoms with Gasteiger partial charge in [-0.15, -0.1) is 0 Å². The molecule has 1 aromatic heterocycles. The molecule has 0 radical (unpaired) electrons. The van der Waals surface area contributed by atoms with Crippen molar-refractivity contribution in [1.82, 2.24) is 4.57 Å².